The number of hydrogen-bond acceptors (Lipinski definition) is 6. The average Bonchev–Trinajstić information content (AvgIpc) is 2.82. The molecule has 6 nitrogen and oxygen atoms in total. The maximum atomic E-state index is 13.3. The van der Waals surface area contributed by atoms with Gasteiger partial charge in [0, 0.05) is 30.4 Å². The lowest BCUT2D eigenvalue weighted by molar-refractivity contribution is -0.127. The van der Waals surface area contributed by atoms with Gasteiger partial charge in [0.15, 0.2) is 6.10 Å². The Balaban J connectivity index is 1.74. The number of amides is 1. The van der Waals surface area contributed by atoms with Gasteiger partial charge in [-0.15, -0.1) is 0 Å². The Morgan fingerprint density at radius 1 is 1.16 bits per heavy atom. The van der Waals surface area contributed by atoms with Crippen molar-refractivity contribution in [3.8, 4) is 17.1 Å². The number of carbonyl (C=O) groups excluding carboxylic acids is 1. The first-order valence-electron chi connectivity index (χ1n) is 10.3. The molecule has 0 aliphatic heterocycles. The van der Waals surface area contributed by atoms with E-state index in [1.807, 2.05) is 42.5 Å². The van der Waals surface area contributed by atoms with Crippen LogP contribution in [0.5, 0.6) is 5.88 Å². The predicted molar refractivity (Wildman–Crippen MR) is 128 cm³/mol. The first kappa shape index (κ1) is 23.6. The van der Waals surface area contributed by atoms with Crippen molar-refractivity contribution in [3.63, 3.8) is 0 Å². The van der Waals surface area contributed by atoms with Gasteiger partial charge in [-0.1, -0.05) is 42.5 Å². The summed E-state index contributed by atoms with van der Waals surface area (Å²) in [5, 5.41) is 5.98. The van der Waals surface area contributed by atoms with Crippen molar-refractivity contribution in [2.24, 2.45) is 5.73 Å². The molecular formula is C24H27FN4O2S. The number of pyridine rings is 1. The molecule has 2 atom stereocenters. The van der Waals surface area contributed by atoms with E-state index in [-0.39, 0.29) is 24.3 Å². The fourth-order valence-electron chi connectivity index (χ4n) is 2.94. The normalized spacial score (nSPS) is 12.6. The summed E-state index contributed by atoms with van der Waals surface area (Å²) in [6, 6.07) is 19.4. The van der Waals surface area contributed by atoms with E-state index in [1.54, 1.807) is 19.1 Å². The minimum absolute atomic E-state index is 0.146. The number of benzene rings is 2. The van der Waals surface area contributed by atoms with Crippen molar-refractivity contribution < 1.29 is 13.9 Å². The molecule has 0 radical (unpaired) electrons. The lowest BCUT2D eigenvalue weighted by Crippen LogP contribution is -2.36. The number of thiol groups is 1. The number of nitrogens with two attached hydrogens (primary N) is 1. The highest BCUT2D eigenvalue weighted by molar-refractivity contribution is 7.80. The van der Waals surface area contributed by atoms with Crippen molar-refractivity contribution in [2.45, 2.75) is 25.6 Å². The smallest absolute Gasteiger partial charge is 0.261 e. The quantitative estimate of drug-likeness (QED) is 0.351. The molecule has 1 heterocycles. The van der Waals surface area contributed by atoms with Crippen LogP contribution in [0.1, 0.15) is 12.5 Å². The third-order valence-corrected chi connectivity index (χ3v) is 5.20. The van der Waals surface area contributed by atoms with Gasteiger partial charge in [-0.2, -0.15) is 12.6 Å². The van der Waals surface area contributed by atoms with Crippen LogP contribution in [0.25, 0.3) is 11.3 Å². The number of halogens is 1. The van der Waals surface area contributed by atoms with Crippen LogP contribution in [0.4, 0.5) is 10.1 Å². The second-order valence-corrected chi connectivity index (χ2v) is 7.71. The Hall–Kier alpha value is -3.10. The zero-order valence-corrected chi connectivity index (χ0v) is 18.7. The summed E-state index contributed by atoms with van der Waals surface area (Å²) in [7, 11) is 0. The first-order chi connectivity index (χ1) is 15.5. The molecule has 2 aromatic carbocycles. The minimum atomic E-state index is -0.818. The molecule has 8 heteroatoms. The van der Waals surface area contributed by atoms with E-state index in [1.165, 1.54) is 12.1 Å². The number of anilines is 1. The number of carbonyl (C=O) groups is 1. The number of hydrogen-bond donors (Lipinski definition) is 4. The maximum absolute atomic E-state index is 13.3. The van der Waals surface area contributed by atoms with Gasteiger partial charge in [0.2, 0.25) is 5.88 Å². The third-order valence-electron chi connectivity index (χ3n) is 4.73. The number of nitrogens with zero attached hydrogens (tertiary/aromatic N) is 1. The van der Waals surface area contributed by atoms with Gasteiger partial charge in [-0.25, -0.2) is 9.37 Å². The van der Waals surface area contributed by atoms with Crippen LogP contribution in [-0.4, -0.2) is 35.3 Å². The fourth-order valence-corrected chi connectivity index (χ4v) is 3.07. The summed E-state index contributed by atoms with van der Waals surface area (Å²) in [5.41, 5.74) is 8.90. The average molecular weight is 455 g/mol. The zero-order valence-electron chi connectivity index (χ0n) is 17.8. The Kier molecular flexibility index (Phi) is 8.47. The lowest BCUT2D eigenvalue weighted by atomic mass is 10.1. The predicted octanol–water partition coefficient (Wildman–Crippen LogP) is 3.64. The van der Waals surface area contributed by atoms with Crippen molar-refractivity contribution in [2.75, 3.05) is 17.6 Å². The molecule has 0 fully saturated rings. The molecule has 4 N–H and O–H groups in total. The van der Waals surface area contributed by atoms with Crippen molar-refractivity contribution in [1.29, 1.82) is 0 Å². The maximum Gasteiger partial charge on any atom is 0.261 e. The molecule has 168 valence electrons. The summed E-state index contributed by atoms with van der Waals surface area (Å²) in [6.45, 7) is 2.32. The van der Waals surface area contributed by atoms with Crippen LogP contribution in [-0.2, 0) is 11.3 Å². The van der Waals surface area contributed by atoms with Crippen LogP contribution in [0.2, 0.25) is 0 Å². The second kappa shape index (κ2) is 11.5. The summed E-state index contributed by atoms with van der Waals surface area (Å²) in [4.78, 5) is 17.2. The molecule has 1 aromatic heterocycles. The van der Waals surface area contributed by atoms with Gasteiger partial charge in [0.25, 0.3) is 5.91 Å². The molecule has 0 spiro atoms. The largest absolute Gasteiger partial charge is 0.463 e. The molecule has 0 aliphatic rings. The van der Waals surface area contributed by atoms with E-state index in [0.29, 0.717) is 29.4 Å². The Morgan fingerprint density at radius 2 is 1.94 bits per heavy atom. The Bertz CT molecular complexity index is 1040. The number of ether oxygens (including phenoxy) is 1. The Morgan fingerprint density at radius 3 is 2.66 bits per heavy atom. The van der Waals surface area contributed by atoms with Crippen molar-refractivity contribution in [1.82, 2.24) is 10.3 Å². The van der Waals surface area contributed by atoms with E-state index in [9.17, 15) is 9.18 Å². The molecule has 3 aromatic rings. The van der Waals surface area contributed by atoms with Gasteiger partial charge >= 0.3 is 0 Å². The van der Waals surface area contributed by atoms with Crippen LogP contribution >= 0.6 is 12.6 Å². The summed E-state index contributed by atoms with van der Waals surface area (Å²) in [6.07, 6.45) is -0.818. The van der Waals surface area contributed by atoms with Crippen molar-refractivity contribution >= 4 is 24.2 Å². The molecule has 0 aliphatic carbocycles. The van der Waals surface area contributed by atoms with E-state index < -0.39 is 6.10 Å². The van der Waals surface area contributed by atoms with E-state index in [0.717, 1.165) is 11.3 Å². The summed E-state index contributed by atoms with van der Waals surface area (Å²) >= 11 is 4.21. The highest BCUT2D eigenvalue weighted by Gasteiger charge is 2.18. The van der Waals surface area contributed by atoms with Gasteiger partial charge in [0.05, 0.1) is 11.4 Å². The van der Waals surface area contributed by atoms with Gasteiger partial charge in [-0.05, 0) is 36.8 Å². The van der Waals surface area contributed by atoms with Crippen LogP contribution in [0.15, 0.2) is 66.7 Å². The third kappa shape index (κ3) is 6.70. The second-order valence-electron chi connectivity index (χ2n) is 7.35. The number of aromatic nitrogens is 1. The fraction of sp³-hybridized carbons (Fsp3) is 0.250. The Labute approximate surface area is 192 Å². The zero-order chi connectivity index (χ0) is 22.9. The summed E-state index contributed by atoms with van der Waals surface area (Å²) < 4.78 is 19.3. The van der Waals surface area contributed by atoms with E-state index in [4.69, 9.17) is 10.5 Å². The molecule has 3 rings (SSSR count). The van der Waals surface area contributed by atoms with E-state index in [2.05, 4.69) is 28.2 Å². The summed E-state index contributed by atoms with van der Waals surface area (Å²) in [5.74, 6) is 0.140. The molecule has 0 bridgehead atoms. The molecular weight excluding hydrogens is 427 g/mol. The first-order valence-corrected chi connectivity index (χ1v) is 10.9. The SMILES string of the molecule is CC(Oc1nc(-c2ccccc2)ccc1NCC(N)CS)C(=O)NCc1cccc(F)c1. The van der Waals surface area contributed by atoms with Crippen LogP contribution < -0.4 is 21.1 Å². The molecule has 2 unspecified atom stereocenters. The van der Waals surface area contributed by atoms with Gasteiger partial charge in [0.1, 0.15) is 5.82 Å². The molecule has 0 saturated carbocycles. The highest BCUT2D eigenvalue weighted by atomic mass is 32.1. The van der Waals surface area contributed by atoms with Gasteiger partial charge < -0.3 is 21.1 Å². The molecule has 32 heavy (non-hydrogen) atoms. The highest BCUT2D eigenvalue weighted by Crippen LogP contribution is 2.28. The standard InChI is InChI=1S/C24H27FN4O2S/c1-16(23(30)28-13-17-6-5-9-19(25)12-17)31-24-22(27-14-20(26)15-32)11-10-21(29-24)18-7-3-2-4-8-18/h2-12,16,20,27,32H,13-15,26H2,1H3,(H,28,30). The number of nitrogens with one attached hydrogen (secondary N) is 2. The minimum Gasteiger partial charge on any atom is -0.463 e. The van der Waals surface area contributed by atoms with Crippen LogP contribution in [0, 0.1) is 5.82 Å². The topological polar surface area (TPSA) is 89.3 Å². The monoisotopic (exact) mass is 454 g/mol. The molecule has 1 amide bonds. The number of rotatable bonds is 10. The van der Waals surface area contributed by atoms with Crippen molar-refractivity contribution in [3.05, 3.63) is 78.1 Å². The molecule has 0 saturated heterocycles. The van der Waals surface area contributed by atoms with Gasteiger partial charge in [-0.3, -0.25) is 4.79 Å². The lowest BCUT2D eigenvalue weighted by Gasteiger charge is -2.19. The van der Waals surface area contributed by atoms with Crippen LogP contribution in [0.3, 0.4) is 0 Å². The van der Waals surface area contributed by atoms with E-state index >= 15 is 0 Å².